The van der Waals surface area contributed by atoms with E-state index in [1.165, 1.54) is 11.1 Å². The average molecular weight is 283 g/mol. The minimum atomic E-state index is 0.287. The fraction of sp³-hybridized carbons (Fsp3) is 0.333. The van der Waals surface area contributed by atoms with Crippen molar-refractivity contribution >= 4 is 0 Å². The van der Waals surface area contributed by atoms with Gasteiger partial charge in [0.1, 0.15) is 12.4 Å². The molecule has 3 nitrogen and oxygen atoms in total. The minimum absolute atomic E-state index is 0.287. The summed E-state index contributed by atoms with van der Waals surface area (Å²) < 4.78 is 11.5. The molecular weight excluding hydrogens is 262 g/mol. The molecule has 0 aromatic heterocycles. The molecule has 1 aliphatic heterocycles. The van der Waals surface area contributed by atoms with Crippen molar-refractivity contribution in [3.63, 3.8) is 0 Å². The van der Waals surface area contributed by atoms with Gasteiger partial charge in [-0.2, -0.15) is 0 Å². The lowest BCUT2D eigenvalue weighted by molar-refractivity contribution is 0.0292. The Morgan fingerprint density at radius 3 is 2.52 bits per heavy atom. The standard InChI is InChI=1S/C18H21NO2/c1-2-4-16(5-3-1)14-21-17-8-6-15(7-9-17)12-18-13-19-10-11-20-18/h1-9,18-19H,10-14H2/t18-/m1/s1. The van der Waals surface area contributed by atoms with Gasteiger partial charge in [-0.3, -0.25) is 0 Å². The van der Waals surface area contributed by atoms with Gasteiger partial charge in [0, 0.05) is 13.1 Å². The number of hydrogen-bond acceptors (Lipinski definition) is 3. The number of benzene rings is 2. The predicted molar refractivity (Wildman–Crippen MR) is 83.5 cm³/mol. The first-order valence-corrected chi connectivity index (χ1v) is 7.48. The Bertz CT molecular complexity index is 533. The van der Waals surface area contributed by atoms with Gasteiger partial charge in [0.05, 0.1) is 12.7 Å². The van der Waals surface area contributed by atoms with Gasteiger partial charge in [-0.25, -0.2) is 0 Å². The normalized spacial score (nSPS) is 18.4. The van der Waals surface area contributed by atoms with E-state index in [-0.39, 0.29) is 6.10 Å². The number of ether oxygens (including phenoxy) is 2. The summed E-state index contributed by atoms with van der Waals surface area (Å²) in [6.45, 7) is 3.31. The zero-order chi connectivity index (χ0) is 14.3. The van der Waals surface area contributed by atoms with Crippen molar-refractivity contribution in [2.45, 2.75) is 19.1 Å². The van der Waals surface area contributed by atoms with E-state index in [1.807, 2.05) is 30.3 Å². The van der Waals surface area contributed by atoms with E-state index >= 15 is 0 Å². The van der Waals surface area contributed by atoms with Gasteiger partial charge < -0.3 is 14.8 Å². The molecule has 1 saturated heterocycles. The van der Waals surface area contributed by atoms with Gasteiger partial charge in [0.25, 0.3) is 0 Å². The molecule has 3 heteroatoms. The fourth-order valence-corrected chi connectivity index (χ4v) is 2.48. The molecule has 0 saturated carbocycles. The SMILES string of the molecule is c1ccc(COc2ccc(C[C@@H]3CNCCO3)cc2)cc1. The van der Waals surface area contributed by atoms with Crippen LogP contribution in [-0.2, 0) is 17.8 Å². The third-order valence-electron chi connectivity index (χ3n) is 3.64. The van der Waals surface area contributed by atoms with Crippen LogP contribution in [0.3, 0.4) is 0 Å². The van der Waals surface area contributed by atoms with E-state index in [4.69, 9.17) is 9.47 Å². The van der Waals surface area contributed by atoms with Crippen molar-refractivity contribution in [3.05, 3.63) is 65.7 Å². The monoisotopic (exact) mass is 283 g/mol. The van der Waals surface area contributed by atoms with Crippen LogP contribution in [0.1, 0.15) is 11.1 Å². The maximum absolute atomic E-state index is 5.79. The molecule has 1 atom stereocenters. The van der Waals surface area contributed by atoms with E-state index in [0.29, 0.717) is 6.61 Å². The molecule has 0 aliphatic carbocycles. The third kappa shape index (κ3) is 4.31. The summed E-state index contributed by atoms with van der Waals surface area (Å²) in [7, 11) is 0. The van der Waals surface area contributed by atoms with E-state index in [0.717, 1.165) is 31.9 Å². The summed E-state index contributed by atoms with van der Waals surface area (Å²) in [6.07, 6.45) is 1.24. The quantitative estimate of drug-likeness (QED) is 0.915. The highest BCUT2D eigenvalue weighted by Crippen LogP contribution is 2.16. The van der Waals surface area contributed by atoms with Gasteiger partial charge >= 0.3 is 0 Å². The van der Waals surface area contributed by atoms with Crippen LogP contribution in [-0.4, -0.2) is 25.8 Å². The lowest BCUT2D eigenvalue weighted by Crippen LogP contribution is -2.39. The Hall–Kier alpha value is -1.84. The molecule has 110 valence electrons. The largest absolute Gasteiger partial charge is 0.489 e. The summed E-state index contributed by atoms with van der Waals surface area (Å²) in [5.74, 6) is 0.908. The molecule has 0 bridgehead atoms. The lowest BCUT2D eigenvalue weighted by atomic mass is 10.1. The van der Waals surface area contributed by atoms with Crippen LogP contribution in [0.25, 0.3) is 0 Å². The second kappa shape index (κ2) is 7.25. The van der Waals surface area contributed by atoms with E-state index in [2.05, 4.69) is 29.6 Å². The van der Waals surface area contributed by atoms with Crippen LogP contribution in [0.4, 0.5) is 0 Å². The maximum Gasteiger partial charge on any atom is 0.119 e. The molecule has 2 aromatic carbocycles. The zero-order valence-corrected chi connectivity index (χ0v) is 12.1. The van der Waals surface area contributed by atoms with Crippen molar-refractivity contribution in [1.82, 2.24) is 5.32 Å². The van der Waals surface area contributed by atoms with Crippen LogP contribution in [0.15, 0.2) is 54.6 Å². The van der Waals surface area contributed by atoms with Gasteiger partial charge in [0.2, 0.25) is 0 Å². The van der Waals surface area contributed by atoms with Gasteiger partial charge in [0.15, 0.2) is 0 Å². The van der Waals surface area contributed by atoms with Gasteiger partial charge in [-0.15, -0.1) is 0 Å². The van der Waals surface area contributed by atoms with Gasteiger partial charge in [-0.1, -0.05) is 42.5 Å². The average Bonchev–Trinajstić information content (AvgIpc) is 2.56. The first-order chi connectivity index (χ1) is 10.4. The Balaban J connectivity index is 1.51. The molecule has 0 unspecified atom stereocenters. The fourth-order valence-electron chi connectivity index (χ4n) is 2.48. The first-order valence-electron chi connectivity index (χ1n) is 7.48. The van der Waals surface area contributed by atoms with Crippen LogP contribution in [0.2, 0.25) is 0 Å². The highest BCUT2D eigenvalue weighted by atomic mass is 16.5. The van der Waals surface area contributed by atoms with Crippen LogP contribution < -0.4 is 10.1 Å². The van der Waals surface area contributed by atoms with Crippen LogP contribution >= 0.6 is 0 Å². The Kier molecular flexibility index (Phi) is 4.87. The first kappa shape index (κ1) is 14.1. The second-order valence-corrected chi connectivity index (χ2v) is 5.32. The molecule has 1 heterocycles. The van der Waals surface area contributed by atoms with Crippen molar-refractivity contribution in [2.75, 3.05) is 19.7 Å². The van der Waals surface area contributed by atoms with Crippen molar-refractivity contribution in [1.29, 1.82) is 0 Å². The van der Waals surface area contributed by atoms with Gasteiger partial charge in [-0.05, 0) is 29.7 Å². The smallest absolute Gasteiger partial charge is 0.119 e. The molecular formula is C18H21NO2. The Morgan fingerprint density at radius 1 is 1.00 bits per heavy atom. The highest BCUT2D eigenvalue weighted by molar-refractivity contribution is 5.28. The summed E-state index contributed by atoms with van der Waals surface area (Å²) in [4.78, 5) is 0. The maximum atomic E-state index is 5.79. The molecule has 1 aliphatic rings. The summed E-state index contributed by atoms with van der Waals surface area (Å²) in [6, 6.07) is 18.5. The molecule has 0 spiro atoms. The molecule has 0 amide bonds. The summed E-state index contributed by atoms with van der Waals surface area (Å²) >= 11 is 0. The summed E-state index contributed by atoms with van der Waals surface area (Å²) in [5, 5.41) is 3.36. The Labute approximate surface area is 125 Å². The highest BCUT2D eigenvalue weighted by Gasteiger charge is 2.13. The number of rotatable bonds is 5. The number of morpholine rings is 1. The Morgan fingerprint density at radius 2 is 1.81 bits per heavy atom. The molecule has 0 radical (unpaired) electrons. The molecule has 3 rings (SSSR count). The molecule has 1 fully saturated rings. The molecule has 21 heavy (non-hydrogen) atoms. The summed E-state index contributed by atoms with van der Waals surface area (Å²) in [5.41, 5.74) is 2.47. The molecule has 2 aromatic rings. The number of hydrogen-bond donors (Lipinski definition) is 1. The van der Waals surface area contributed by atoms with E-state index < -0.39 is 0 Å². The van der Waals surface area contributed by atoms with Crippen LogP contribution in [0.5, 0.6) is 5.75 Å². The zero-order valence-electron chi connectivity index (χ0n) is 12.1. The second-order valence-electron chi connectivity index (χ2n) is 5.32. The van der Waals surface area contributed by atoms with E-state index in [1.54, 1.807) is 0 Å². The third-order valence-corrected chi connectivity index (χ3v) is 3.64. The van der Waals surface area contributed by atoms with Crippen LogP contribution in [0, 0.1) is 0 Å². The van der Waals surface area contributed by atoms with E-state index in [9.17, 15) is 0 Å². The molecule has 1 N–H and O–H groups in total. The van der Waals surface area contributed by atoms with Crippen molar-refractivity contribution < 1.29 is 9.47 Å². The van der Waals surface area contributed by atoms with Crippen molar-refractivity contribution in [3.8, 4) is 5.75 Å². The van der Waals surface area contributed by atoms with Crippen molar-refractivity contribution in [2.24, 2.45) is 0 Å². The minimum Gasteiger partial charge on any atom is -0.489 e. The predicted octanol–water partition coefficient (Wildman–Crippen LogP) is 2.80. The number of nitrogens with one attached hydrogen (secondary N) is 1. The lowest BCUT2D eigenvalue weighted by Gasteiger charge is -2.23. The topological polar surface area (TPSA) is 30.5 Å².